The molecular weight excluding hydrogens is 315 g/mol. The molecule has 0 N–H and O–H groups in total. The van der Waals surface area contributed by atoms with Gasteiger partial charge in [-0.15, -0.1) is 0 Å². The molecule has 1 saturated heterocycles. The predicted octanol–water partition coefficient (Wildman–Crippen LogP) is 3.68. The smallest absolute Gasteiger partial charge is 0.324 e. The van der Waals surface area contributed by atoms with Gasteiger partial charge in [-0.05, 0) is 42.5 Å². The van der Waals surface area contributed by atoms with Crippen LogP contribution < -0.4 is 0 Å². The highest BCUT2D eigenvalue weighted by Gasteiger charge is 2.26. The lowest BCUT2D eigenvalue weighted by Gasteiger charge is -2.26. The van der Waals surface area contributed by atoms with Crippen LogP contribution in [-0.4, -0.2) is 19.7 Å². The molecular formula is C14H16BrFO3. The molecule has 2 rings (SSSR count). The van der Waals surface area contributed by atoms with E-state index in [4.69, 9.17) is 9.47 Å². The Balaban J connectivity index is 2.34. The SMILES string of the molecule is COC(=O)C(Br)c1cc(F)ccc1[C@@H]1CCCCO1. The van der Waals surface area contributed by atoms with Crippen molar-refractivity contribution in [2.75, 3.05) is 13.7 Å². The molecule has 0 spiro atoms. The van der Waals surface area contributed by atoms with Gasteiger partial charge in [-0.25, -0.2) is 4.39 Å². The van der Waals surface area contributed by atoms with Gasteiger partial charge >= 0.3 is 5.97 Å². The summed E-state index contributed by atoms with van der Waals surface area (Å²) < 4.78 is 23.8. The third-order valence-electron chi connectivity index (χ3n) is 3.26. The minimum absolute atomic E-state index is 0.0749. The molecule has 1 unspecified atom stereocenters. The van der Waals surface area contributed by atoms with Gasteiger partial charge in [-0.3, -0.25) is 4.79 Å². The summed E-state index contributed by atoms with van der Waals surface area (Å²) in [7, 11) is 1.31. The van der Waals surface area contributed by atoms with Crippen molar-refractivity contribution in [3.05, 3.63) is 35.1 Å². The normalized spacial score (nSPS) is 20.9. The van der Waals surface area contributed by atoms with Gasteiger partial charge in [0.1, 0.15) is 10.6 Å². The van der Waals surface area contributed by atoms with E-state index in [0.29, 0.717) is 12.2 Å². The van der Waals surface area contributed by atoms with Crippen LogP contribution in [0.3, 0.4) is 0 Å². The lowest BCUT2D eigenvalue weighted by Crippen LogP contribution is -2.17. The molecule has 19 heavy (non-hydrogen) atoms. The maximum atomic E-state index is 13.4. The second kappa shape index (κ2) is 6.48. The molecule has 104 valence electrons. The Kier molecular flexibility index (Phi) is 4.93. The first kappa shape index (κ1) is 14.5. The van der Waals surface area contributed by atoms with Gasteiger partial charge < -0.3 is 9.47 Å². The first-order chi connectivity index (χ1) is 9.13. The quantitative estimate of drug-likeness (QED) is 0.626. The largest absolute Gasteiger partial charge is 0.468 e. The number of hydrogen-bond donors (Lipinski definition) is 0. The van der Waals surface area contributed by atoms with Crippen LogP contribution in [-0.2, 0) is 14.3 Å². The molecule has 1 aliphatic rings. The molecule has 0 radical (unpaired) electrons. The average molecular weight is 331 g/mol. The van der Waals surface area contributed by atoms with Gasteiger partial charge in [0.15, 0.2) is 0 Å². The molecule has 0 saturated carbocycles. The van der Waals surface area contributed by atoms with Crippen molar-refractivity contribution in [3.8, 4) is 0 Å². The molecule has 1 heterocycles. The zero-order valence-corrected chi connectivity index (χ0v) is 12.3. The summed E-state index contributed by atoms with van der Waals surface area (Å²) in [4.78, 5) is 11.0. The minimum atomic E-state index is -0.672. The summed E-state index contributed by atoms with van der Waals surface area (Å²) >= 11 is 3.27. The molecule has 1 fully saturated rings. The van der Waals surface area contributed by atoms with Crippen molar-refractivity contribution in [2.45, 2.75) is 30.2 Å². The van der Waals surface area contributed by atoms with E-state index in [-0.39, 0.29) is 11.9 Å². The number of methoxy groups -OCH3 is 1. The summed E-state index contributed by atoms with van der Waals surface area (Å²) in [6.07, 6.45) is 2.93. The van der Waals surface area contributed by atoms with Gasteiger partial charge in [0.05, 0.1) is 13.2 Å². The molecule has 2 atom stereocenters. The second-order valence-corrected chi connectivity index (χ2v) is 5.43. The van der Waals surface area contributed by atoms with Crippen LogP contribution in [0.2, 0.25) is 0 Å². The Hall–Kier alpha value is -0.940. The summed E-state index contributed by atoms with van der Waals surface area (Å²) in [5.74, 6) is -0.814. The van der Waals surface area contributed by atoms with Gasteiger partial charge in [-0.1, -0.05) is 22.0 Å². The van der Waals surface area contributed by atoms with E-state index in [2.05, 4.69) is 15.9 Å². The van der Waals surface area contributed by atoms with Crippen LogP contribution >= 0.6 is 15.9 Å². The van der Waals surface area contributed by atoms with Crippen molar-refractivity contribution in [3.63, 3.8) is 0 Å². The monoisotopic (exact) mass is 330 g/mol. The van der Waals surface area contributed by atoms with Crippen LogP contribution in [0.4, 0.5) is 4.39 Å². The Morgan fingerprint density at radius 2 is 2.32 bits per heavy atom. The Morgan fingerprint density at radius 1 is 1.53 bits per heavy atom. The van der Waals surface area contributed by atoms with Gasteiger partial charge in [0, 0.05) is 6.61 Å². The molecule has 0 aromatic heterocycles. The molecule has 1 aromatic carbocycles. The summed E-state index contributed by atoms with van der Waals surface area (Å²) in [5.41, 5.74) is 1.44. The number of benzene rings is 1. The van der Waals surface area contributed by atoms with E-state index in [1.54, 1.807) is 6.07 Å². The second-order valence-electron chi connectivity index (χ2n) is 4.51. The van der Waals surface area contributed by atoms with Crippen molar-refractivity contribution in [1.29, 1.82) is 0 Å². The fraction of sp³-hybridized carbons (Fsp3) is 0.500. The van der Waals surface area contributed by atoms with Crippen molar-refractivity contribution < 1.29 is 18.7 Å². The lowest BCUT2D eigenvalue weighted by atomic mass is 9.95. The summed E-state index contributed by atoms with van der Waals surface area (Å²) in [6, 6.07) is 4.45. The number of hydrogen-bond acceptors (Lipinski definition) is 3. The van der Waals surface area contributed by atoms with Crippen LogP contribution in [0, 0.1) is 5.82 Å². The average Bonchev–Trinajstić information content (AvgIpc) is 2.46. The van der Waals surface area contributed by atoms with Gasteiger partial charge in [0.2, 0.25) is 0 Å². The zero-order chi connectivity index (χ0) is 13.8. The fourth-order valence-electron chi connectivity index (χ4n) is 2.27. The number of carbonyl (C=O) groups excluding carboxylic acids is 1. The lowest BCUT2D eigenvalue weighted by molar-refractivity contribution is -0.139. The molecule has 1 aliphatic heterocycles. The van der Waals surface area contributed by atoms with E-state index in [1.165, 1.54) is 19.2 Å². The fourth-order valence-corrected chi connectivity index (χ4v) is 2.86. The maximum Gasteiger partial charge on any atom is 0.324 e. The molecule has 0 aliphatic carbocycles. The Labute approximate surface area is 120 Å². The molecule has 5 heteroatoms. The van der Waals surface area contributed by atoms with Crippen molar-refractivity contribution in [1.82, 2.24) is 0 Å². The minimum Gasteiger partial charge on any atom is -0.468 e. The van der Waals surface area contributed by atoms with Crippen LogP contribution in [0.15, 0.2) is 18.2 Å². The highest BCUT2D eigenvalue weighted by molar-refractivity contribution is 9.09. The first-order valence-electron chi connectivity index (χ1n) is 6.26. The number of esters is 1. The van der Waals surface area contributed by atoms with Crippen LogP contribution in [0.5, 0.6) is 0 Å². The summed E-state index contributed by atoms with van der Waals surface area (Å²) in [6.45, 7) is 0.701. The van der Waals surface area contributed by atoms with E-state index >= 15 is 0 Å². The Bertz CT molecular complexity index is 458. The number of halogens is 2. The van der Waals surface area contributed by atoms with E-state index in [1.807, 2.05) is 0 Å². The number of ether oxygens (including phenoxy) is 2. The number of alkyl halides is 1. The Morgan fingerprint density at radius 3 is 2.95 bits per heavy atom. The van der Waals surface area contributed by atoms with Gasteiger partial charge in [-0.2, -0.15) is 0 Å². The first-order valence-corrected chi connectivity index (χ1v) is 7.18. The highest BCUT2D eigenvalue weighted by Crippen LogP contribution is 2.36. The van der Waals surface area contributed by atoms with Gasteiger partial charge in [0.25, 0.3) is 0 Å². The topological polar surface area (TPSA) is 35.5 Å². The van der Waals surface area contributed by atoms with Crippen molar-refractivity contribution >= 4 is 21.9 Å². The van der Waals surface area contributed by atoms with E-state index in [9.17, 15) is 9.18 Å². The van der Waals surface area contributed by atoms with E-state index < -0.39 is 10.8 Å². The third kappa shape index (κ3) is 3.34. The molecule has 0 amide bonds. The van der Waals surface area contributed by atoms with Crippen molar-refractivity contribution in [2.24, 2.45) is 0 Å². The van der Waals surface area contributed by atoms with E-state index in [0.717, 1.165) is 24.8 Å². The molecule has 0 bridgehead atoms. The standard InChI is InChI=1S/C14H16BrFO3/c1-18-14(17)13(15)11-8-9(16)5-6-10(11)12-4-2-3-7-19-12/h5-6,8,12-13H,2-4,7H2,1H3/t12-,13?/m0/s1. The third-order valence-corrected chi connectivity index (χ3v) is 4.12. The maximum absolute atomic E-state index is 13.4. The molecule has 1 aromatic rings. The highest BCUT2D eigenvalue weighted by atomic mass is 79.9. The van der Waals surface area contributed by atoms with Crippen LogP contribution in [0.25, 0.3) is 0 Å². The summed E-state index contributed by atoms with van der Waals surface area (Å²) in [5, 5.41) is 0. The zero-order valence-electron chi connectivity index (χ0n) is 10.7. The number of rotatable bonds is 3. The number of carbonyl (C=O) groups is 1. The molecule has 3 nitrogen and oxygen atoms in total. The van der Waals surface area contributed by atoms with Crippen LogP contribution in [0.1, 0.15) is 41.3 Å². The predicted molar refractivity (Wildman–Crippen MR) is 72.6 cm³/mol.